The molecule has 0 N–H and O–H groups in total. The van der Waals surface area contributed by atoms with Gasteiger partial charge in [-0.05, 0) is 30.5 Å². The van der Waals surface area contributed by atoms with Gasteiger partial charge in [0.15, 0.2) is 0 Å². The summed E-state index contributed by atoms with van der Waals surface area (Å²) in [4.78, 5) is 23.5. The number of hydrogen-bond donors (Lipinski definition) is 0. The number of nitrogens with zero attached hydrogens (tertiary/aromatic N) is 3. The highest BCUT2D eigenvalue weighted by molar-refractivity contribution is 7.98. The molecule has 0 bridgehead atoms. The van der Waals surface area contributed by atoms with E-state index in [1.807, 2.05) is 53.6 Å². The van der Waals surface area contributed by atoms with Crippen LogP contribution in [-0.4, -0.2) is 46.2 Å². The molecule has 0 unspecified atom stereocenters. The molecule has 6 heteroatoms. The van der Waals surface area contributed by atoms with E-state index in [-0.39, 0.29) is 12.0 Å². The molecule has 1 saturated heterocycles. The Kier molecular flexibility index (Phi) is 5.25. The number of carbonyl (C=O) groups is 1. The molecule has 0 spiro atoms. The number of hydrogen-bond acceptors (Lipinski definition) is 5. The van der Waals surface area contributed by atoms with Crippen molar-refractivity contribution in [2.75, 3.05) is 19.3 Å². The number of benzene rings is 1. The highest BCUT2D eigenvalue weighted by atomic mass is 32.2. The van der Waals surface area contributed by atoms with E-state index in [0.29, 0.717) is 18.7 Å². The molecular weight excluding hydrogens is 358 g/mol. The summed E-state index contributed by atoms with van der Waals surface area (Å²) in [5, 5.41) is 1.85. The largest absolute Gasteiger partial charge is 0.488 e. The van der Waals surface area contributed by atoms with Gasteiger partial charge < -0.3 is 9.64 Å². The molecule has 4 rings (SSSR count). The Bertz CT molecular complexity index is 950. The lowest BCUT2D eigenvalue weighted by Gasteiger charge is -2.32. The fourth-order valence-corrected chi connectivity index (χ4v) is 3.96. The molecular formula is C21H21N3O2S. The third-order valence-corrected chi connectivity index (χ3v) is 5.53. The van der Waals surface area contributed by atoms with Crippen molar-refractivity contribution < 1.29 is 9.53 Å². The first kappa shape index (κ1) is 17.8. The monoisotopic (exact) mass is 379 g/mol. The van der Waals surface area contributed by atoms with Crippen molar-refractivity contribution in [1.82, 2.24) is 14.9 Å². The summed E-state index contributed by atoms with van der Waals surface area (Å²) in [5.74, 6) is 0.868. The summed E-state index contributed by atoms with van der Waals surface area (Å²) < 4.78 is 6.23. The molecule has 27 heavy (non-hydrogen) atoms. The molecule has 0 aliphatic carbocycles. The summed E-state index contributed by atoms with van der Waals surface area (Å²) in [6.07, 6.45) is 7.16. The van der Waals surface area contributed by atoms with Gasteiger partial charge in [0.25, 0.3) is 5.91 Å². The van der Waals surface area contributed by atoms with Gasteiger partial charge in [-0.15, -0.1) is 11.8 Å². The Labute approximate surface area is 162 Å². The standard InChI is InChI=1S/C21H21N3O2S/c1-27-20-17(7-4-12-23-20)21(25)24-13-9-16(10-14-24)26-18-8-2-5-15-6-3-11-22-19(15)18/h2-8,11-12,16H,9-10,13-14H2,1H3. The van der Waals surface area contributed by atoms with E-state index in [1.165, 1.54) is 11.8 Å². The SMILES string of the molecule is CSc1ncccc1C(=O)N1CCC(Oc2cccc3cccnc23)CC1. The number of pyridine rings is 2. The molecule has 1 aliphatic heterocycles. The number of para-hydroxylation sites is 1. The topological polar surface area (TPSA) is 55.3 Å². The van der Waals surface area contributed by atoms with Crippen molar-refractivity contribution in [3.63, 3.8) is 0 Å². The lowest BCUT2D eigenvalue weighted by molar-refractivity contribution is 0.0593. The van der Waals surface area contributed by atoms with Gasteiger partial charge in [-0.1, -0.05) is 18.2 Å². The Morgan fingerprint density at radius 1 is 1.07 bits per heavy atom. The first-order valence-electron chi connectivity index (χ1n) is 9.05. The van der Waals surface area contributed by atoms with Crippen molar-refractivity contribution in [2.24, 2.45) is 0 Å². The molecule has 0 radical (unpaired) electrons. The fourth-order valence-electron chi connectivity index (χ4n) is 3.41. The molecule has 1 aliphatic rings. The Morgan fingerprint density at radius 2 is 1.81 bits per heavy atom. The van der Waals surface area contributed by atoms with Gasteiger partial charge in [-0.25, -0.2) is 4.98 Å². The number of rotatable bonds is 4. The summed E-state index contributed by atoms with van der Waals surface area (Å²) in [5.41, 5.74) is 1.57. The van der Waals surface area contributed by atoms with E-state index in [4.69, 9.17) is 4.74 Å². The first-order chi connectivity index (χ1) is 13.3. The lowest BCUT2D eigenvalue weighted by atomic mass is 10.1. The van der Waals surface area contributed by atoms with Crippen LogP contribution in [0.25, 0.3) is 10.9 Å². The average molecular weight is 379 g/mol. The van der Waals surface area contributed by atoms with Crippen LogP contribution >= 0.6 is 11.8 Å². The third-order valence-electron chi connectivity index (χ3n) is 4.81. The predicted molar refractivity (Wildman–Crippen MR) is 107 cm³/mol. The van der Waals surface area contributed by atoms with Gasteiger partial charge in [0.2, 0.25) is 0 Å². The highest BCUT2D eigenvalue weighted by Crippen LogP contribution is 2.27. The Hall–Kier alpha value is -2.60. The van der Waals surface area contributed by atoms with Crippen molar-refractivity contribution >= 4 is 28.6 Å². The van der Waals surface area contributed by atoms with E-state index in [9.17, 15) is 4.79 Å². The zero-order valence-electron chi connectivity index (χ0n) is 15.2. The van der Waals surface area contributed by atoms with Gasteiger partial charge in [0.1, 0.15) is 22.4 Å². The molecule has 1 aromatic carbocycles. The smallest absolute Gasteiger partial charge is 0.256 e. The van der Waals surface area contributed by atoms with Crippen molar-refractivity contribution in [3.8, 4) is 5.75 Å². The van der Waals surface area contributed by atoms with Gasteiger partial charge in [0.05, 0.1) is 5.56 Å². The second kappa shape index (κ2) is 7.96. The number of fused-ring (bicyclic) bond motifs is 1. The number of piperidine rings is 1. The summed E-state index contributed by atoms with van der Waals surface area (Å²) in [6.45, 7) is 1.37. The maximum atomic E-state index is 12.8. The number of carbonyl (C=O) groups excluding carboxylic acids is 1. The molecule has 3 aromatic rings. The van der Waals surface area contributed by atoms with Crippen LogP contribution in [0.2, 0.25) is 0 Å². The van der Waals surface area contributed by atoms with E-state index < -0.39 is 0 Å². The third kappa shape index (κ3) is 3.76. The van der Waals surface area contributed by atoms with Crippen LogP contribution in [0.1, 0.15) is 23.2 Å². The second-order valence-electron chi connectivity index (χ2n) is 6.50. The van der Waals surface area contributed by atoms with E-state index in [2.05, 4.69) is 9.97 Å². The van der Waals surface area contributed by atoms with Crippen molar-refractivity contribution in [3.05, 3.63) is 60.4 Å². The zero-order valence-corrected chi connectivity index (χ0v) is 16.0. The molecule has 1 fully saturated rings. The van der Waals surface area contributed by atoms with Crippen LogP contribution in [0, 0.1) is 0 Å². The van der Waals surface area contributed by atoms with Gasteiger partial charge in [0, 0.05) is 43.7 Å². The fraction of sp³-hybridized carbons (Fsp3) is 0.286. The van der Waals surface area contributed by atoms with E-state index in [1.54, 1.807) is 12.4 Å². The van der Waals surface area contributed by atoms with Gasteiger partial charge in [-0.3, -0.25) is 9.78 Å². The summed E-state index contributed by atoms with van der Waals surface area (Å²) in [7, 11) is 0. The molecule has 5 nitrogen and oxygen atoms in total. The van der Waals surface area contributed by atoms with Gasteiger partial charge >= 0.3 is 0 Å². The molecule has 138 valence electrons. The van der Waals surface area contributed by atoms with Crippen molar-refractivity contribution in [2.45, 2.75) is 24.0 Å². The zero-order chi connectivity index (χ0) is 18.6. The van der Waals surface area contributed by atoms with Crippen molar-refractivity contribution in [1.29, 1.82) is 0 Å². The van der Waals surface area contributed by atoms with Gasteiger partial charge in [-0.2, -0.15) is 0 Å². The van der Waals surface area contributed by atoms with Crippen LogP contribution in [0.5, 0.6) is 5.75 Å². The maximum absolute atomic E-state index is 12.8. The lowest BCUT2D eigenvalue weighted by Crippen LogP contribution is -2.42. The number of thioether (sulfide) groups is 1. The summed E-state index contributed by atoms with van der Waals surface area (Å²) >= 11 is 1.50. The van der Waals surface area contributed by atoms with E-state index >= 15 is 0 Å². The van der Waals surface area contributed by atoms with Crippen LogP contribution in [-0.2, 0) is 0 Å². The Morgan fingerprint density at radius 3 is 2.63 bits per heavy atom. The first-order valence-corrected chi connectivity index (χ1v) is 10.3. The van der Waals surface area contributed by atoms with E-state index in [0.717, 1.165) is 34.5 Å². The maximum Gasteiger partial charge on any atom is 0.256 e. The normalized spacial score (nSPS) is 15.1. The summed E-state index contributed by atoms with van der Waals surface area (Å²) in [6, 6.07) is 13.6. The van der Waals surface area contributed by atoms with Crippen LogP contribution < -0.4 is 4.74 Å². The van der Waals surface area contributed by atoms with Crippen LogP contribution in [0.15, 0.2) is 59.9 Å². The minimum atomic E-state index is 0.0535. The average Bonchev–Trinajstić information content (AvgIpc) is 2.74. The molecule has 0 atom stereocenters. The molecule has 0 saturated carbocycles. The molecule has 3 heterocycles. The molecule has 1 amide bonds. The minimum absolute atomic E-state index is 0.0535. The number of ether oxygens (including phenoxy) is 1. The predicted octanol–water partition coefficient (Wildman–Crippen LogP) is 4.04. The molecule has 2 aromatic heterocycles. The number of aromatic nitrogens is 2. The number of likely N-dealkylation sites (tertiary alicyclic amines) is 1. The minimum Gasteiger partial charge on any atom is -0.488 e. The quantitative estimate of drug-likeness (QED) is 0.641. The second-order valence-corrected chi connectivity index (χ2v) is 7.30. The number of amides is 1. The van der Waals surface area contributed by atoms with Crippen LogP contribution in [0.4, 0.5) is 0 Å². The highest BCUT2D eigenvalue weighted by Gasteiger charge is 2.26. The Balaban J connectivity index is 1.42. The van der Waals surface area contributed by atoms with Crippen LogP contribution in [0.3, 0.4) is 0 Å².